The first kappa shape index (κ1) is 25.4. The summed E-state index contributed by atoms with van der Waals surface area (Å²) < 4.78 is 8.84. The number of amides is 4. The van der Waals surface area contributed by atoms with Gasteiger partial charge in [0, 0.05) is 8.59 Å². The Kier molecular flexibility index (Phi) is 8.15. The molecule has 1 aliphatic heterocycles. The van der Waals surface area contributed by atoms with E-state index in [0.29, 0.717) is 22.9 Å². The smallest absolute Gasteiger partial charge is 0.335 e. The van der Waals surface area contributed by atoms with Crippen molar-refractivity contribution < 1.29 is 19.1 Å². The van der Waals surface area contributed by atoms with Crippen LogP contribution in [0, 0.1) is 10.7 Å². The average molecular weight is 811 g/mol. The van der Waals surface area contributed by atoms with Crippen molar-refractivity contribution in [2.75, 3.05) is 4.90 Å². The van der Waals surface area contributed by atoms with Gasteiger partial charge in [-0.2, -0.15) is 0 Å². The van der Waals surface area contributed by atoms with Gasteiger partial charge >= 0.3 is 6.03 Å². The molecule has 4 rings (SSSR count). The molecule has 6 nitrogen and oxygen atoms in total. The molecule has 0 bridgehead atoms. The second-order valence-corrected chi connectivity index (χ2v) is 11.2. The quantitative estimate of drug-likeness (QED) is 0.184. The van der Waals surface area contributed by atoms with Crippen molar-refractivity contribution in [3.8, 4) is 5.75 Å². The van der Waals surface area contributed by atoms with Gasteiger partial charge in [0.05, 0.1) is 12.8 Å². The van der Waals surface area contributed by atoms with E-state index in [9.17, 15) is 14.4 Å². The summed E-state index contributed by atoms with van der Waals surface area (Å²) in [5.41, 5.74) is 1.86. The lowest BCUT2D eigenvalue weighted by Crippen LogP contribution is -2.54. The van der Waals surface area contributed by atoms with E-state index in [4.69, 9.17) is 16.3 Å². The van der Waals surface area contributed by atoms with Gasteiger partial charge in [-0.1, -0.05) is 23.7 Å². The first-order valence-corrected chi connectivity index (χ1v) is 13.4. The number of imide groups is 2. The van der Waals surface area contributed by atoms with Crippen LogP contribution in [0.5, 0.6) is 5.75 Å². The number of benzene rings is 3. The fraction of sp³-hybridized carbons (Fsp3) is 0.0417. The van der Waals surface area contributed by atoms with Gasteiger partial charge in [-0.3, -0.25) is 14.9 Å². The maximum absolute atomic E-state index is 13.1. The molecule has 10 heteroatoms. The Bertz CT molecular complexity index is 1300. The molecule has 1 aliphatic rings. The molecule has 1 N–H and O–H groups in total. The standard InChI is InChI=1S/C24H14ClI3N2O4/c25-15-3-7-17(8-4-15)30-23(32)18(22(31)29-24(30)33)9-14-10-19(27)21(20(28)11-14)34-12-13-1-5-16(26)6-2-13/h1-11H,12H2,(H,29,31,33)/b18-9+. The van der Waals surface area contributed by atoms with Gasteiger partial charge in [-0.25, -0.2) is 9.69 Å². The first-order valence-electron chi connectivity index (χ1n) is 9.76. The molecular weight excluding hydrogens is 796 g/mol. The van der Waals surface area contributed by atoms with Gasteiger partial charge in [-0.15, -0.1) is 0 Å². The van der Waals surface area contributed by atoms with Crippen molar-refractivity contribution in [1.29, 1.82) is 0 Å². The van der Waals surface area contributed by atoms with Crippen LogP contribution in [0.4, 0.5) is 10.5 Å². The highest BCUT2D eigenvalue weighted by molar-refractivity contribution is 14.1. The Morgan fingerprint density at radius 3 is 2.15 bits per heavy atom. The van der Waals surface area contributed by atoms with Crippen molar-refractivity contribution >= 4 is 109 Å². The van der Waals surface area contributed by atoms with Crippen molar-refractivity contribution in [3.05, 3.63) is 93.1 Å². The van der Waals surface area contributed by atoms with Crippen LogP contribution in [0.1, 0.15) is 11.1 Å². The lowest BCUT2D eigenvalue weighted by molar-refractivity contribution is -0.122. The summed E-state index contributed by atoms with van der Waals surface area (Å²) in [5.74, 6) is -0.733. The maximum Gasteiger partial charge on any atom is 0.335 e. The third-order valence-corrected chi connectivity index (χ3v) is 7.39. The number of barbiturate groups is 1. The van der Waals surface area contributed by atoms with Gasteiger partial charge in [-0.05, 0) is 134 Å². The highest BCUT2D eigenvalue weighted by atomic mass is 127. The third-order valence-electron chi connectivity index (χ3n) is 4.81. The minimum Gasteiger partial charge on any atom is -0.487 e. The summed E-state index contributed by atoms with van der Waals surface area (Å²) in [6.45, 7) is 0.419. The summed E-state index contributed by atoms with van der Waals surface area (Å²) in [6, 6.07) is 17.1. The lowest BCUT2D eigenvalue weighted by Gasteiger charge is -2.26. The number of urea groups is 1. The van der Waals surface area contributed by atoms with Gasteiger partial charge in [0.25, 0.3) is 11.8 Å². The molecule has 172 valence electrons. The van der Waals surface area contributed by atoms with Crippen LogP contribution in [0.25, 0.3) is 6.08 Å². The van der Waals surface area contributed by atoms with E-state index in [1.165, 1.54) is 6.08 Å². The molecule has 4 amide bonds. The van der Waals surface area contributed by atoms with E-state index >= 15 is 0 Å². The molecule has 0 spiro atoms. The van der Waals surface area contributed by atoms with Crippen molar-refractivity contribution in [2.24, 2.45) is 0 Å². The third kappa shape index (κ3) is 5.74. The fourth-order valence-electron chi connectivity index (χ4n) is 3.19. The Morgan fingerprint density at radius 2 is 1.53 bits per heavy atom. The van der Waals surface area contributed by atoms with Crippen LogP contribution in [0.3, 0.4) is 0 Å². The first-order chi connectivity index (χ1) is 16.2. The van der Waals surface area contributed by atoms with Crippen LogP contribution < -0.4 is 15.0 Å². The van der Waals surface area contributed by atoms with Crippen LogP contribution >= 0.6 is 79.4 Å². The molecule has 1 fully saturated rings. The Balaban J connectivity index is 1.60. The molecule has 0 aliphatic carbocycles. The zero-order chi connectivity index (χ0) is 24.4. The number of carbonyl (C=O) groups is 3. The SMILES string of the molecule is O=C1NC(=O)N(c2ccc(Cl)cc2)C(=O)/C1=C/c1cc(I)c(OCc2ccc(I)cc2)c(I)c1. The predicted octanol–water partition coefficient (Wildman–Crippen LogP) is 6.40. The Morgan fingerprint density at radius 1 is 0.912 bits per heavy atom. The molecular formula is C24H14ClI3N2O4. The monoisotopic (exact) mass is 810 g/mol. The summed E-state index contributed by atoms with van der Waals surface area (Å²) in [5, 5.41) is 2.69. The minimum atomic E-state index is -0.807. The van der Waals surface area contributed by atoms with E-state index in [-0.39, 0.29) is 5.57 Å². The zero-order valence-electron chi connectivity index (χ0n) is 17.2. The second kappa shape index (κ2) is 10.9. The summed E-state index contributed by atoms with van der Waals surface area (Å²) in [7, 11) is 0. The number of nitrogens with one attached hydrogen (secondary N) is 1. The number of anilines is 1. The molecule has 34 heavy (non-hydrogen) atoms. The van der Waals surface area contributed by atoms with Crippen molar-refractivity contribution in [1.82, 2.24) is 5.32 Å². The Labute approximate surface area is 241 Å². The van der Waals surface area contributed by atoms with Crippen LogP contribution in [-0.4, -0.2) is 17.8 Å². The summed E-state index contributed by atoms with van der Waals surface area (Å²) in [4.78, 5) is 38.8. The van der Waals surface area contributed by atoms with E-state index in [0.717, 1.165) is 26.9 Å². The molecule has 0 saturated carbocycles. The van der Waals surface area contributed by atoms with Crippen LogP contribution in [0.2, 0.25) is 5.02 Å². The topological polar surface area (TPSA) is 75.7 Å². The van der Waals surface area contributed by atoms with E-state index < -0.39 is 17.8 Å². The second-order valence-electron chi connectivity index (χ2n) is 7.16. The van der Waals surface area contributed by atoms with Crippen LogP contribution in [-0.2, 0) is 16.2 Å². The molecule has 0 radical (unpaired) electrons. The van der Waals surface area contributed by atoms with E-state index in [1.54, 1.807) is 24.3 Å². The largest absolute Gasteiger partial charge is 0.487 e. The number of hydrogen-bond donors (Lipinski definition) is 1. The van der Waals surface area contributed by atoms with Gasteiger partial charge in [0.2, 0.25) is 0 Å². The molecule has 3 aromatic rings. The summed E-state index contributed by atoms with van der Waals surface area (Å²) >= 11 is 12.5. The molecule has 1 saturated heterocycles. The number of halogens is 4. The normalized spacial score (nSPS) is 15.0. The number of hydrogen-bond acceptors (Lipinski definition) is 4. The molecule has 0 atom stereocenters. The van der Waals surface area contributed by atoms with E-state index in [1.807, 2.05) is 36.4 Å². The number of carbonyl (C=O) groups excluding carboxylic acids is 3. The van der Waals surface area contributed by atoms with Crippen LogP contribution in [0.15, 0.2) is 66.2 Å². The number of nitrogens with zero attached hydrogens (tertiary/aromatic N) is 1. The van der Waals surface area contributed by atoms with Crippen molar-refractivity contribution in [3.63, 3.8) is 0 Å². The molecule has 3 aromatic carbocycles. The van der Waals surface area contributed by atoms with Gasteiger partial charge < -0.3 is 4.74 Å². The number of rotatable bonds is 5. The van der Waals surface area contributed by atoms with Gasteiger partial charge in [0.15, 0.2) is 0 Å². The zero-order valence-corrected chi connectivity index (χ0v) is 24.4. The lowest BCUT2D eigenvalue weighted by atomic mass is 10.1. The van der Waals surface area contributed by atoms with Crippen molar-refractivity contribution in [2.45, 2.75) is 6.61 Å². The predicted molar refractivity (Wildman–Crippen MR) is 156 cm³/mol. The average Bonchev–Trinajstić information content (AvgIpc) is 2.78. The highest BCUT2D eigenvalue weighted by Gasteiger charge is 2.36. The minimum absolute atomic E-state index is 0.145. The van der Waals surface area contributed by atoms with Gasteiger partial charge in [0.1, 0.15) is 17.9 Å². The Hall–Kier alpha value is -1.71. The fourth-order valence-corrected chi connectivity index (χ4v) is 5.80. The number of ether oxygens (including phenoxy) is 1. The maximum atomic E-state index is 13.1. The summed E-state index contributed by atoms with van der Waals surface area (Å²) in [6.07, 6.45) is 1.47. The molecule has 0 aromatic heterocycles. The highest BCUT2D eigenvalue weighted by Crippen LogP contribution is 2.31. The molecule has 1 heterocycles. The van der Waals surface area contributed by atoms with E-state index in [2.05, 4.69) is 73.1 Å². The molecule has 0 unspecified atom stereocenters.